The minimum atomic E-state index is -1.09. The summed E-state index contributed by atoms with van der Waals surface area (Å²) >= 11 is 0. The van der Waals surface area contributed by atoms with Gasteiger partial charge < -0.3 is 42.3 Å². The Morgan fingerprint density at radius 3 is 1.83 bits per heavy atom. The fourth-order valence-electron chi connectivity index (χ4n) is 2.35. The minimum absolute atomic E-state index is 0. The Bertz CT molecular complexity index is 846. The molecule has 232 valence electrons. The van der Waals surface area contributed by atoms with Crippen molar-refractivity contribution < 1.29 is 43.3 Å². The van der Waals surface area contributed by atoms with E-state index in [-0.39, 0.29) is 68.4 Å². The summed E-state index contributed by atoms with van der Waals surface area (Å²) in [5.74, 6) is -0.725. The monoisotopic (exact) mass is 584 g/mol. The fourth-order valence-corrected chi connectivity index (χ4v) is 2.35. The quantitative estimate of drug-likeness (QED) is 0.0597. The molecule has 17 heteroatoms. The molecule has 0 aromatic heterocycles. The number of hydrazone groups is 1. The van der Waals surface area contributed by atoms with Gasteiger partial charge >= 0.3 is 5.97 Å². The van der Waals surface area contributed by atoms with Crippen molar-refractivity contribution in [2.45, 2.75) is 104 Å². The Morgan fingerprint density at radius 2 is 1.56 bits per heavy atom. The van der Waals surface area contributed by atoms with Gasteiger partial charge in [0.25, 0.3) is 0 Å². The molecule has 1 aliphatic heterocycles. The van der Waals surface area contributed by atoms with Gasteiger partial charge in [-0.25, -0.2) is 5.43 Å². The van der Waals surface area contributed by atoms with E-state index in [9.17, 15) is 28.8 Å². The van der Waals surface area contributed by atoms with Gasteiger partial charge in [-0.2, -0.15) is 5.10 Å². The van der Waals surface area contributed by atoms with Crippen molar-refractivity contribution in [1.82, 2.24) is 5.43 Å². The van der Waals surface area contributed by atoms with Gasteiger partial charge in [0.15, 0.2) is 7.85 Å². The number of hydrogen-bond donors (Lipinski definition) is 6. The third-order valence-electron chi connectivity index (χ3n) is 4.18. The van der Waals surface area contributed by atoms with Crippen molar-refractivity contribution in [2.24, 2.45) is 28.0 Å². The first-order valence-electron chi connectivity index (χ1n) is 12.2. The maximum absolute atomic E-state index is 10.6. The van der Waals surface area contributed by atoms with E-state index in [1.165, 1.54) is 33.9 Å². The second-order valence-corrected chi connectivity index (χ2v) is 8.67. The molecule has 1 aliphatic rings. The number of carbonyl (C=O) groups is 6. The van der Waals surface area contributed by atoms with Gasteiger partial charge in [-0.05, 0) is 27.7 Å². The Morgan fingerprint density at radius 1 is 1.07 bits per heavy atom. The van der Waals surface area contributed by atoms with Crippen LogP contribution in [0.15, 0.2) is 5.10 Å². The van der Waals surface area contributed by atoms with Crippen LogP contribution >= 0.6 is 0 Å². The highest BCUT2D eigenvalue weighted by Crippen LogP contribution is 2.13. The second-order valence-electron chi connectivity index (χ2n) is 8.67. The number of nitrogens with zero attached hydrogens (tertiary/aromatic N) is 1. The van der Waals surface area contributed by atoms with Crippen molar-refractivity contribution in [2.75, 3.05) is 6.61 Å². The largest absolute Gasteiger partial charge is 0.434 e. The van der Waals surface area contributed by atoms with Crippen molar-refractivity contribution in [3.8, 4) is 0 Å². The standard InChI is InChI=1S/C7H13N3O2.C6H11NO3.C5H10BNO2.C5H8BNO2.CH4/c1-5(11)3-7(8)4-9-10-6(2)12;1-2-9-6-4(7)3-5(8)10-6;2*1-3(8)2-4(7)5(6)9;/h4,7H,3,8H2,1-2H3,(H,10,12);4,6H,2-3,7H2,1H3;4-5,9H,2,7H2,1H3;4H,2,7H2,1H3;1H4/b9-4+;;;;. The normalized spacial score (nSPS) is 18.1. The predicted octanol–water partition coefficient (Wildman–Crippen LogP) is -2.56. The Labute approximate surface area is 244 Å². The molecule has 1 fully saturated rings. The van der Waals surface area contributed by atoms with Gasteiger partial charge in [0, 0.05) is 57.1 Å². The molecule has 6 unspecified atom stereocenters. The molecule has 10 N–H and O–H groups in total. The van der Waals surface area contributed by atoms with Crippen LogP contribution in [0.25, 0.3) is 0 Å². The first kappa shape index (κ1) is 45.2. The number of aliphatic hydroxyl groups excluding tert-OH is 1. The number of aliphatic hydroxyl groups is 1. The Balaban J connectivity index is -0.000000222. The molecular weight excluding hydrogens is 538 g/mol. The van der Waals surface area contributed by atoms with Gasteiger partial charge in [0.2, 0.25) is 12.2 Å². The molecule has 4 radical (unpaired) electrons. The van der Waals surface area contributed by atoms with E-state index < -0.39 is 36.1 Å². The summed E-state index contributed by atoms with van der Waals surface area (Å²) in [7, 11) is 9.73. The van der Waals surface area contributed by atoms with Gasteiger partial charge in [-0.15, -0.1) is 0 Å². The number of ketones is 3. The number of ether oxygens (including phenoxy) is 2. The highest BCUT2D eigenvalue weighted by Gasteiger charge is 2.32. The zero-order chi connectivity index (χ0) is 32.0. The van der Waals surface area contributed by atoms with Crippen LogP contribution in [-0.2, 0) is 38.2 Å². The van der Waals surface area contributed by atoms with Crippen molar-refractivity contribution in [3.63, 3.8) is 0 Å². The molecule has 41 heavy (non-hydrogen) atoms. The zero-order valence-electron chi connectivity index (χ0n) is 23.7. The van der Waals surface area contributed by atoms with E-state index in [4.69, 9.17) is 53.2 Å². The number of carbonyl (C=O) groups excluding carboxylic acids is 6. The maximum atomic E-state index is 10.6. The number of rotatable bonds is 12. The van der Waals surface area contributed by atoms with Crippen LogP contribution in [0.3, 0.4) is 0 Å². The number of nitrogens with two attached hydrogens (primary N) is 4. The number of cyclic esters (lactones) is 1. The lowest BCUT2D eigenvalue weighted by Crippen LogP contribution is -2.36. The molecule has 15 nitrogen and oxygen atoms in total. The van der Waals surface area contributed by atoms with Gasteiger partial charge in [-0.1, -0.05) is 7.43 Å². The molecule has 1 rings (SSSR count). The van der Waals surface area contributed by atoms with Crippen LogP contribution < -0.4 is 28.4 Å². The van der Waals surface area contributed by atoms with E-state index >= 15 is 0 Å². The average molecular weight is 584 g/mol. The van der Waals surface area contributed by atoms with E-state index in [2.05, 4.69) is 10.5 Å². The summed E-state index contributed by atoms with van der Waals surface area (Å²) in [5.41, 5.74) is 22.8. The average Bonchev–Trinajstić information content (AvgIpc) is 3.10. The highest BCUT2D eigenvalue weighted by atomic mass is 16.7. The van der Waals surface area contributed by atoms with Gasteiger partial charge in [0.05, 0.1) is 24.2 Å². The van der Waals surface area contributed by atoms with Crippen molar-refractivity contribution in [1.29, 1.82) is 0 Å². The molecule has 1 heterocycles. The van der Waals surface area contributed by atoms with Crippen LogP contribution in [-0.4, -0.2) is 105 Å². The van der Waals surface area contributed by atoms with Crippen LogP contribution in [0.4, 0.5) is 0 Å². The van der Waals surface area contributed by atoms with E-state index in [0.717, 1.165) is 0 Å². The summed E-state index contributed by atoms with van der Waals surface area (Å²) in [6, 6.07) is -3.24. The Hall–Kier alpha value is -2.82. The van der Waals surface area contributed by atoms with E-state index in [1.54, 1.807) is 0 Å². The summed E-state index contributed by atoms with van der Waals surface area (Å²) in [4.78, 5) is 62.2. The maximum Gasteiger partial charge on any atom is 0.309 e. The molecule has 1 saturated heterocycles. The second kappa shape index (κ2) is 26.1. The number of Topliss-reactive ketones (excluding diaryl/α,β-unsaturated/α-hetero) is 3. The third-order valence-corrected chi connectivity index (χ3v) is 4.18. The smallest absolute Gasteiger partial charge is 0.309 e. The topological polar surface area (TPSA) is 270 Å². The molecular formula is C24H46B2N6O9. The predicted molar refractivity (Wildman–Crippen MR) is 155 cm³/mol. The molecule has 1 amide bonds. The fraction of sp³-hybridized carbons (Fsp3) is 0.708. The lowest BCUT2D eigenvalue weighted by atomic mass is 9.90. The van der Waals surface area contributed by atoms with E-state index in [1.807, 2.05) is 6.92 Å². The third kappa shape index (κ3) is 31.6. The summed E-state index contributed by atoms with van der Waals surface area (Å²) in [6.07, 6.45) is 1.50. The van der Waals surface area contributed by atoms with Crippen LogP contribution in [0.2, 0.25) is 0 Å². The molecule has 6 atom stereocenters. The molecule has 0 spiro atoms. The number of hydrogen-bond acceptors (Lipinski definition) is 14. The lowest BCUT2D eigenvalue weighted by molar-refractivity contribution is -0.162. The first-order chi connectivity index (χ1) is 18.3. The van der Waals surface area contributed by atoms with Gasteiger partial charge in [0.1, 0.15) is 25.2 Å². The minimum Gasteiger partial charge on any atom is -0.434 e. The number of amides is 1. The van der Waals surface area contributed by atoms with E-state index in [0.29, 0.717) is 6.61 Å². The SMILES string of the molecule is C.CC(=O)CC(N)/C=N/NC(C)=O.CCOC1OC(=O)CC1N.[B]C(=O)C(N)CC(C)=O.[B]C(O)C(N)CC(C)=O. The van der Waals surface area contributed by atoms with Gasteiger partial charge in [-0.3, -0.25) is 24.0 Å². The van der Waals surface area contributed by atoms with Crippen LogP contribution in [0.1, 0.15) is 67.7 Å². The highest BCUT2D eigenvalue weighted by molar-refractivity contribution is 6.59. The number of nitrogens with one attached hydrogen (secondary N) is 1. The lowest BCUT2D eigenvalue weighted by Gasteiger charge is -2.12. The summed E-state index contributed by atoms with van der Waals surface area (Å²) < 4.78 is 9.75. The molecule has 0 aromatic carbocycles. The van der Waals surface area contributed by atoms with Crippen LogP contribution in [0.5, 0.6) is 0 Å². The number of esters is 1. The molecule has 0 aliphatic carbocycles. The molecule has 0 saturated carbocycles. The molecule has 0 aromatic rings. The summed E-state index contributed by atoms with van der Waals surface area (Å²) in [6.45, 7) is 7.91. The zero-order valence-corrected chi connectivity index (χ0v) is 23.7. The Kier molecular flexibility index (Phi) is 28.8. The van der Waals surface area contributed by atoms with Crippen molar-refractivity contribution >= 4 is 56.8 Å². The van der Waals surface area contributed by atoms with Crippen LogP contribution in [0, 0.1) is 0 Å². The summed E-state index contributed by atoms with van der Waals surface area (Å²) in [5, 5.41) is 12.1. The first-order valence-corrected chi connectivity index (χ1v) is 12.2. The van der Waals surface area contributed by atoms with Crippen molar-refractivity contribution in [3.05, 3.63) is 0 Å². The molecule has 0 bridgehead atoms.